The number of carbonyl (C=O) groups excluding carboxylic acids is 1. The first-order valence-electron chi connectivity index (χ1n) is 11.0. The molecule has 1 fully saturated rings. The van der Waals surface area contributed by atoms with Crippen molar-refractivity contribution in [2.45, 2.75) is 32.0 Å². The first kappa shape index (κ1) is 19.8. The lowest BCUT2D eigenvalue weighted by molar-refractivity contribution is -0.133. The van der Waals surface area contributed by atoms with Gasteiger partial charge in [-0.25, -0.2) is 0 Å². The van der Waals surface area contributed by atoms with Gasteiger partial charge in [-0.2, -0.15) is 0 Å². The van der Waals surface area contributed by atoms with Gasteiger partial charge in [-0.15, -0.1) is 0 Å². The Labute approximate surface area is 184 Å². The minimum Gasteiger partial charge on any atom is -0.497 e. The molecule has 2 aliphatic heterocycles. The summed E-state index contributed by atoms with van der Waals surface area (Å²) in [6.45, 7) is 2.83. The lowest BCUT2D eigenvalue weighted by atomic mass is 9.97. The topological polar surface area (TPSA) is 32.8 Å². The predicted octanol–water partition coefficient (Wildman–Crippen LogP) is 5.04. The third kappa shape index (κ3) is 3.96. The number of carbonyl (C=O) groups is 1. The third-order valence-corrected chi connectivity index (χ3v) is 6.52. The van der Waals surface area contributed by atoms with Crippen LogP contribution in [0.1, 0.15) is 35.6 Å². The molecule has 0 saturated carbocycles. The number of nitrogens with zero attached hydrogens (tertiary/aromatic N) is 2. The van der Waals surface area contributed by atoms with Gasteiger partial charge in [-0.1, -0.05) is 60.7 Å². The van der Waals surface area contributed by atoms with Crippen molar-refractivity contribution in [2.75, 3.05) is 20.2 Å². The van der Waals surface area contributed by atoms with Gasteiger partial charge in [0.05, 0.1) is 19.7 Å². The van der Waals surface area contributed by atoms with Crippen LogP contribution in [0, 0.1) is 0 Å². The Morgan fingerprint density at radius 3 is 2.29 bits per heavy atom. The zero-order valence-electron chi connectivity index (χ0n) is 18.0. The van der Waals surface area contributed by atoms with Gasteiger partial charge in [-0.05, 0) is 52.8 Å². The number of likely N-dealkylation sites (tertiary alicyclic amines) is 1. The third-order valence-electron chi connectivity index (χ3n) is 6.52. The van der Waals surface area contributed by atoms with Gasteiger partial charge >= 0.3 is 0 Å². The van der Waals surface area contributed by atoms with E-state index in [2.05, 4.69) is 70.5 Å². The number of hydrogen-bond acceptors (Lipinski definition) is 3. The first-order chi connectivity index (χ1) is 15.2. The van der Waals surface area contributed by atoms with E-state index in [1.165, 1.54) is 22.3 Å². The van der Waals surface area contributed by atoms with Crippen LogP contribution >= 0.6 is 0 Å². The number of benzene rings is 3. The SMILES string of the molecule is COc1cccc(C2CCCN2C(=O)CN2Cc3ccccc3-c3ccccc3C2)c1. The van der Waals surface area contributed by atoms with Gasteiger partial charge in [0.2, 0.25) is 5.91 Å². The fourth-order valence-electron chi connectivity index (χ4n) is 5.03. The van der Waals surface area contributed by atoms with Crippen molar-refractivity contribution in [3.63, 3.8) is 0 Å². The highest BCUT2D eigenvalue weighted by Crippen LogP contribution is 2.35. The summed E-state index contributed by atoms with van der Waals surface area (Å²) in [6, 6.07) is 25.4. The number of amides is 1. The van der Waals surface area contributed by atoms with Crippen LogP contribution in [0.15, 0.2) is 72.8 Å². The van der Waals surface area contributed by atoms with Crippen LogP contribution in [-0.2, 0) is 17.9 Å². The molecule has 0 spiro atoms. The summed E-state index contributed by atoms with van der Waals surface area (Å²) in [6.07, 6.45) is 2.05. The maximum absolute atomic E-state index is 13.4. The molecular formula is C27H28N2O2. The van der Waals surface area contributed by atoms with Crippen LogP contribution in [-0.4, -0.2) is 35.9 Å². The van der Waals surface area contributed by atoms with Crippen molar-refractivity contribution in [1.29, 1.82) is 0 Å². The zero-order valence-corrected chi connectivity index (χ0v) is 18.0. The number of ether oxygens (including phenoxy) is 1. The summed E-state index contributed by atoms with van der Waals surface area (Å²) in [5.74, 6) is 1.06. The molecule has 2 heterocycles. The van der Waals surface area contributed by atoms with Gasteiger partial charge in [0, 0.05) is 19.6 Å². The molecule has 3 aromatic carbocycles. The maximum Gasteiger partial charge on any atom is 0.237 e. The lowest BCUT2D eigenvalue weighted by Gasteiger charge is -2.29. The maximum atomic E-state index is 13.4. The van der Waals surface area contributed by atoms with E-state index in [1.807, 2.05) is 12.1 Å². The van der Waals surface area contributed by atoms with Crippen molar-refractivity contribution in [3.05, 3.63) is 89.5 Å². The first-order valence-corrected chi connectivity index (χ1v) is 11.0. The molecule has 1 saturated heterocycles. The minimum absolute atomic E-state index is 0.133. The molecule has 158 valence electrons. The molecule has 0 radical (unpaired) electrons. The Kier molecular flexibility index (Phi) is 5.47. The summed E-state index contributed by atoms with van der Waals surface area (Å²) < 4.78 is 5.40. The van der Waals surface area contributed by atoms with E-state index >= 15 is 0 Å². The summed E-state index contributed by atoms with van der Waals surface area (Å²) in [7, 11) is 1.69. The second-order valence-electron chi connectivity index (χ2n) is 8.48. The molecule has 2 aliphatic rings. The van der Waals surface area contributed by atoms with Crippen molar-refractivity contribution in [2.24, 2.45) is 0 Å². The summed E-state index contributed by atoms with van der Waals surface area (Å²) >= 11 is 0. The van der Waals surface area contributed by atoms with Crippen LogP contribution in [0.4, 0.5) is 0 Å². The Hall–Kier alpha value is -3.11. The Balaban J connectivity index is 1.38. The van der Waals surface area contributed by atoms with Gasteiger partial charge in [0.15, 0.2) is 0 Å². The molecule has 1 unspecified atom stereocenters. The van der Waals surface area contributed by atoms with Gasteiger partial charge in [-0.3, -0.25) is 9.69 Å². The number of rotatable bonds is 4. The normalized spacial score (nSPS) is 18.2. The Morgan fingerprint density at radius 1 is 0.935 bits per heavy atom. The molecule has 4 heteroatoms. The highest BCUT2D eigenvalue weighted by Gasteiger charge is 2.31. The molecule has 0 aliphatic carbocycles. The molecule has 31 heavy (non-hydrogen) atoms. The van der Waals surface area contributed by atoms with Gasteiger partial charge < -0.3 is 9.64 Å². The van der Waals surface area contributed by atoms with Crippen molar-refractivity contribution >= 4 is 5.91 Å². The van der Waals surface area contributed by atoms with Crippen LogP contribution in [0.2, 0.25) is 0 Å². The highest BCUT2D eigenvalue weighted by molar-refractivity contribution is 5.79. The molecule has 1 amide bonds. The predicted molar refractivity (Wildman–Crippen MR) is 123 cm³/mol. The molecule has 3 aromatic rings. The smallest absolute Gasteiger partial charge is 0.237 e. The highest BCUT2D eigenvalue weighted by atomic mass is 16.5. The molecule has 5 rings (SSSR count). The second-order valence-corrected chi connectivity index (χ2v) is 8.48. The van der Waals surface area contributed by atoms with Gasteiger partial charge in [0.25, 0.3) is 0 Å². The second kappa shape index (κ2) is 8.56. The van der Waals surface area contributed by atoms with E-state index in [0.717, 1.165) is 43.8 Å². The molecule has 0 bridgehead atoms. The van der Waals surface area contributed by atoms with Crippen LogP contribution in [0.5, 0.6) is 5.75 Å². The zero-order chi connectivity index (χ0) is 21.2. The molecule has 0 aromatic heterocycles. The van der Waals surface area contributed by atoms with Crippen molar-refractivity contribution in [3.8, 4) is 16.9 Å². The average molecular weight is 413 g/mol. The van der Waals surface area contributed by atoms with Crippen molar-refractivity contribution < 1.29 is 9.53 Å². The molecule has 0 N–H and O–H groups in total. The van der Waals surface area contributed by atoms with E-state index in [-0.39, 0.29) is 11.9 Å². The number of hydrogen-bond donors (Lipinski definition) is 0. The van der Waals surface area contributed by atoms with Crippen LogP contribution < -0.4 is 4.74 Å². The number of fused-ring (bicyclic) bond motifs is 3. The average Bonchev–Trinajstić information content (AvgIpc) is 3.24. The standard InChI is InChI=1S/C27H28N2O2/c1-31-23-11-6-10-20(16-23)26-14-7-15-29(26)27(30)19-28-17-21-8-2-4-12-24(21)25-13-5-3-9-22(25)18-28/h2-6,8-13,16,26H,7,14-15,17-19H2,1H3. The monoisotopic (exact) mass is 412 g/mol. The fourth-order valence-corrected chi connectivity index (χ4v) is 5.03. The van der Waals surface area contributed by atoms with E-state index in [9.17, 15) is 4.79 Å². The summed E-state index contributed by atoms with van der Waals surface area (Å²) in [4.78, 5) is 17.8. The Morgan fingerprint density at radius 2 is 1.61 bits per heavy atom. The molecule has 4 nitrogen and oxygen atoms in total. The fraction of sp³-hybridized carbons (Fsp3) is 0.296. The number of methoxy groups -OCH3 is 1. The van der Waals surface area contributed by atoms with Gasteiger partial charge in [0.1, 0.15) is 5.75 Å². The minimum atomic E-state index is 0.133. The van der Waals surface area contributed by atoms with Crippen LogP contribution in [0.3, 0.4) is 0 Å². The lowest BCUT2D eigenvalue weighted by Crippen LogP contribution is -2.39. The molecular weight excluding hydrogens is 384 g/mol. The summed E-state index contributed by atoms with van der Waals surface area (Å²) in [5.41, 5.74) is 6.29. The molecule has 1 atom stereocenters. The largest absolute Gasteiger partial charge is 0.497 e. The van der Waals surface area contributed by atoms with E-state index in [0.29, 0.717) is 6.54 Å². The van der Waals surface area contributed by atoms with Crippen molar-refractivity contribution in [1.82, 2.24) is 9.80 Å². The quantitative estimate of drug-likeness (QED) is 0.602. The van der Waals surface area contributed by atoms with E-state index in [1.54, 1.807) is 7.11 Å². The summed E-state index contributed by atoms with van der Waals surface area (Å²) in [5, 5.41) is 0. The Bertz CT molecular complexity index is 1050. The van der Waals surface area contributed by atoms with E-state index in [4.69, 9.17) is 4.74 Å². The van der Waals surface area contributed by atoms with Crippen LogP contribution in [0.25, 0.3) is 11.1 Å². The van der Waals surface area contributed by atoms with E-state index < -0.39 is 0 Å².